The molecule has 3 N–H and O–H groups in total. The van der Waals surface area contributed by atoms with Crippen molar-refractivity contribution in [1.29, 1.82) is 0 Å². The van der Waals surface area contributed by atoms with Crippen molar-refractivity contribution in [2.24, 2.45) is 5.73 Å². The lowest BCUT2D eigenvalue weighted by atomic mass is 10.1. The number of halogens is 1. The van der Waals surface area contributed by atoms with Crippen LogP contribution in [0.4, 0.5) is 4.39 Å². The molecule has 0 aliphatic heterocycles. The maximum absolute atomic E-state index is 12.5. The molecule has 0 fully saturated rings. The molecule has 118 valence electrons. The van der Waals surface area contributed by atoms with Crippen LogP contribution in [-0.4, -0.2) is 18.9 Å². The zero-order valence-electron chi connectivity index (χ0n) is 11.6. The quantitative estimate of drug-likeness (QED) is 0.837. The van der Waals surface area contributed by atoms with Gasteiger partial charge in [0.2, 0.25) is 5.91 Å². The van der Waals surface area contributed by atoms with E-state index < -0.39 is 16.0 Å². The predicted octanol–water partition coefficient (Wildman–Crippen LogP) is 2.84. The topological polar surface area (TPSA) is 97.5 Å². The van der Waals surface area contributed by atoms with Crippen LogP contribution in [0.3, 0.4) is 0 Å². The number of nitrogens with two attached hydrogens (primary N) is 1. The number of thiophene rings is 1. The number of aryl methyl sites for hydroxylation is 1. The van der Waals surface area contributed by atoms with Crippen LogP contribution in [0.1, 0.15) is 20.8 Å². The fourth-order valence-corrected chi connectivity index (χ4v) is 2.47. The third-order valence-electron chi connectivity index (χ3n) is 2.40. The number of amides is 1. The lowest BCUT2D eigenvalue weighted by molar-refractivity contribution is 0.0999. The number of hydrogen-bond donors (Lipinski definition) is 2. The van der Waals surface area contributed by atoms with E-state index in [1.165, 1.54) is 35.6 Å². The van der Waals surface area contributed by atoms with Gasteiger partial charge in [0.25, 0.3) is 10.1 Å². The molecule has 0 spiro atoms. The number of rotatable bonds is 3. The minimum absolute atomic E-state index is 0.354. The number of hydrogen-bond acceptors (Lipinski definition) is 4. The van der Waals surface area contributed by atoms with Crippen molar-refractivity contribution in [1.82, 2.24) is 0 Å². The summed E-state index contributed by atoms with van der Waals surface area (Å²) in [4.78, 5) is 11.4. The Kier molecular flexibility index (Phi) is 6.41. The average molecular weight is 343 g/mol. The largest absolute Gasteiger partial charge is 0.366 e. The number of benzene rings is 1. The summed E-state index contributed by atoms with van der Waals surface area (Å²) >= 11 is 1.40. The van der Waals surface area contributed by atoms with E-state index in [2.05, 4.69) is 0 Å². The molecule has 5 nitrogen and oxygen atoms in total. The van der Waals surface area contributed by atoms with Gasteiger partial charge in [-0.05, 0) is 48.2 Å². The van der Waals surface area contributed by atoms with Gasteiger partial charge in [-0.2, -0.15) is 8.42 Å². The molecule has 2 aromatic rings. The first-order chi connectivity index (χ1) is 10.2. The minimum atomic E-state index is -3.97. The summed E-state index contributed by atoms with van der Waals surface area (Å²) in [5.74, 6) is -0.880. The van der Waals surface area contributed by atoms with Crippen LogP contribution >= 0.6 is 11.3 Å². The summed E-state index contributed by atoms with van der Waals surface area (Å²) < 4.78 is 41.2. The fourth-order valence-electron chi connectivity index (χ4n) is 1.44. The highest BCUT2D eigenvalue weighted by Crippen LogP contribution is 2.10. The van der Waals surface area contributed by atoms with E-state index in [-0.39, 0.29) is 5.82 Å². The second-order valence-corrected chi connectivity index (χ2v) is 6.44. The smallest absolute Gasteiger partial charge is 0.287 e. The van der Waals surface area contributed by atoms with Crippen molar-refractivity contribution >= 4 is 33.4 Å². The van der Waals surface area contributed by atoms with Crippen molar-refractivity contribution in [3.05, 3.63) is 62.9 Å². The molecular formula is C14H14FNO4S2. The van der Waals surface area contributed by atoms with Crippen LogP contribution in [0, 0.1) is 12.7 Å². The predicted molar refractivity (Wildman–Crippen MR) is 84.6 cm³/mol. The molecule has 0 atom stereocenters. The van der Waals surface area contributed by atoms with Crippen molar-refractivity contribution < 1.29 is 22.2 Å². The van der Waals surface area contributed by atoms with Crippen LogP contribution in [-0.2, 0) is 10.1 Å². The van der Waals surface area contributed by atoms with Gasteiger partial charge in [0.05, 0.1) is 5.41 Å². The van der Waals surface area contributed by atoms with Crippen LogP contribution in [0.25, 0.3) is 6.08 Å². The number of primary amides is 1. The van der Waals surface area contributed by atoms with Crippen LogP contribution in [0.5, 0.6) is 0 Å². The summed E-state index contributed by atoms with van der Waals surface area (Å²) in [5.41, 5.74) is 5.94. The SMILES string of the molecule is Cc1cc(F)ccc1C(N)=O.O=S(=O)(O)/C=C/c1cccs1. The molecule has 0 unspecified atom stereocenters. The van der Waals surface area contributed by atoms with Gasteiger partial charge < -0.3 is 5.73 Å². The third-order valence-corrected chi connectivity index (χ3v) is 3.72. The minimum Gasteiger partial charge on any atom is -0.366 e. The molecule has 0 radical (unpaired) electrons. The molecule has 0 aliphatic rings. The average Bonchev–Trinajstić information content (AvgIpc) is 2.89. The van der Waals surface area contributed by atoms with E-state index >= 15 is 0 Å². The molecule has 0 aliphatic carbocycles. The Labute approximate surface area is 131 Å². The Morgan fingerprint density at radius 3 is 2.50 bits per heavy atom. The van der Waals surface area contributed by atoms with Crippen molar-refractivity contribution in [3.8, 4) is 0 Å². The molecule has 0 saturated heterocycles. The van der Waals surface area contributed by atoms with Gasteiger partial charge in [0.1, 0.15) is 5.82 Å². The third kappa shape index (κ3) is 6.61. The first-order valence-corrected chi connectivity index (χ1v) is 8.32. The van der Waals surface area contributed by atoms with Gasteiger partial charge in [-0.15, -0.1) is 11.3 Å². The summed E-state index contributed by atoms with van der Waals surface area (Å²) in [5, 5.41) is 2.59. The molecule has 1 amide bonds. The van der Waals surface area contributed by atoms with Gasteiger partial charge in [0, 0.05) is 10.4 Å². The molecule has 2 rings (SSSR count). The van der Waals surface area contributed by atoms with Gasteiger partial charge in [-0.3, -0.25) is 9.35 Å². The first kappa shape index (κ1) is 18.0. The lowest BCUT2D eigenvalue weighted by Crippen LogP contribution is -2.12. The van der Waals surface area contributed by atoms with Gasteiger partial charge >= 0.3 is 0 Å². The fraction of sp³-hybridized carbons (Fsp3) is 0.0714. The second-order valence-electron chi connectivity index (χ2n) is 4.16. The highest BCUT2D eigenvalue weighted by molar-refractivity contribution is 7.88. The summed E-state index contributed by atoms with van der Waals surface area (Å²) in [6, 6.07) is 7.43. The monoisotopic (exact) mass is 343 g/mol. The highest BCUT2D eigenvalue weighted by atomic mass is 32.2. The van der Waals surface area contributed by atoms with E-state index in [9.17, 15) is 17.6 Å². The normalized spacial score (nSPS) is 11.0. The van der Waals surface area contributed by atoms with Crippen LogP contribution in [0.2, 0.25) is 0 Å². The van der Waals surface area contributed by atoms with E-state index in [4.69, 9.17) is 10.3 Å². The van der Waals surface area contributed by atoms with Gasteiger partial charge in [0.15, 0.2) is 0 Å². The van der Waals surface area contributed by atoms with Crippen LogP contribution < -0.4 is 5.73 Å². The Bertz CT molecular complexity index is 768. The van der Waals surface area contributed by atoms with Gasteiger partial charge in [-0.1, -0.05) is 6.07 Å². The van der Waals surface area contributed by atoms with E-state index in [1.807, 2.05) is 5.38 Å². The molecule has 8 heteroatoms. The summed E-state index contributed by atoms with van der Waals surface area (Å²) in [7, 11) is -3.97. The summed E-state index contributed by atoms with van der Waals surface area (Å²) in [6.45, 7) is 1.64. The molecule has 1 aromatic heterocycles. The number of carbonyl (C=O) groups is 1. The zero-order chi connectivity index (χ0) is 16.8. The Morgan fingerprint density at radius 2 is 2.05 bits per heavy atom. The maximum Gasteiger partial charge on any atom is 0.287 e. The summed E-state index contributed by atoms with van der Waals surface area (Å²) in [6.07, 6.45) is 1.35. The molecule has 22 heavy (non-hydrogen) atoms. The Balaban J connectivity index is 0.000000220. The van der Waals surface area contributed by atoms with E-state index in [1.54, 1.807) is 19.1 Å². The van der Waals surface area contributed by atoms with Crippen LogP contribution in [0.15, 0.2) is 41.1 Å². The first-order valence-electron chi connectivity index (χ1n) is 5.94. The molecule has 1 heterocycles. The molecule has 1 aromatic carbocycles. The van der Waals surface area contributed by atoms with Gasteiger partial charge in [-0.25, -0.2) is 4.39 Å². The molecule has 0 saturated carbocycles. The van der Waals surface area contributed by atoms with Crippen molar-refractivity contribution in [2.75, 3.05) is 0 Å². The molecular weight excluding hydrogens is 329 g/mol. The zero-order valence-corrected chi connectivity index (χ0v) is 13.2. The van der Waals surface area contributed by atoms with Crippen molar-refractivity contribution in [2.45, 2.75) is 6.92 Å². The van der Waals surface area contributed by atoms with Crippen molar-refractivity contribution in [3.63, 3.8) is 0 Å². The van der Waals surface area contributed by atoms with E-state index in [0.717, 1.165) is 10.3 Å². The van der Waals surface area contributed by atoms with E-state index in [0.29, 0.717) is 11.1 Å². The number of carbonyl (C=O) groups excluding carboxylic acids is 1. The maximum atomic E-state index is 12.5. The highest BCUT2D eigenvalue weighted by Gasteiger charge is 2.03. The lowest BCUT2D eigenvalue weighted by Gasteiger charge is -1.99. The molecule has 0 bridgehead atoms. The standard InChI is InChI=1S/C8H8FNO.C6H6O3S2/c1-5-4-6(9)2-3-7(5)8(10)11;7-11(8,9)5-3-6-2-1-4-10-6/h2-4H,1H3,(H2,10,11);1-5H,(H,7,8,9)/b;5-3+. The Hall–Kier alpha value is -2.03. The second kappa shape index (κ2) is 7.83. The Morgan fingerprint density at radius 1 is 1.36 bits per heavy atom.